The van der Waals surface area contributed by atoms with Crippen LogP contribution in [0.15, 0.2) is 12.2 Å². The Bertz CT molecular complexity index is 1020. The molecule has 2 amide bonds. The molecule has 7 rings (SSSR count). The second kappa shape index (κ2) is 12.3. The van der Waals surface area contributed by atoms with Crippen LogP contribution in [-0.4, -0.2) is 61.5 Å². The van der Waals surface area contributed by atoms with E-state index >= 15 is 0 Å². The van der Waals surface area contributed by atoms with E-state index in [0.29, 0.717) is 56.8 Å². The first kappa shape index (κ1) is 29.1. The maximum absolute atomic E-state index is 13.0. The fraction of sp³-hybridized carbons (Fsp3) is 0.824. The number of allylic oxidation sites excluding steroid dienone is 1. The highest BCUT2D eigenvalue weighted by molar-refractivity contribution is 5.81. The molecule has 41 heavy (non-hydrogen) atoms. The molecule has 0 aliphatic heterocycles. The fourth-order valence-corrected chi connectivity index (χ4v) is 10.7. The number of nitrogens with one attached hydrogen (secondary N) is 2. The number of ketones is 1. The van der Waals surface area contributed by atoms with Gasteiger partial charge in [0.05, 0.1) is 0 Å². The van der Waals surface area contributed by atoms with Crippen LogP contribution in [-0.2, 0) is 19.2 Å². The lowest BCUT2D eigenvalue weighted by Crippen LogP contribution is -2.40. The summed E-state index contributed by atoms with van der Waals surface area (Å²) in [6, 6.07) is 0. The first-order valence-corrected chi connectivity index (χ1v) is 16.7. The van der Waals surface area contributed by atoms with Crippen molar-refractivity contribution >= 4 is 23.9 Å². The van der Waals surface area contributed by atoms with E-state index in [1.807, 2.05) is 6.08 Å². The average molecular weight is 566 g/mol. The van der Waals surface area contributed by atoms with Crippen LogP contribution < -0.4 is 10.6 Å². The van der Waals surface area contributed by atoms with E-state index in [4.69, 9.17) is 0 Å². The van der Waals surface area contributed by atoms with Gasteiger partial charge in [0.1, 0.15) is 12.1 Å². The van der Waals surface area contributed by atoms with Crippen molar-refractivity contribution in [3.8, 4) is 0 Å². The zero-order valence-electron chi connectivity index (χ0n) is 24.9. The van der Waals surface area contributed by atoms with Gasteiger partial charge in [0.15, 0.2) is 0 Å². The molecule has 7 nitrogen and oxygen atoms in total. The molecule has 6 atom stereocenters. The van der Waals surface area contributed by atoms with Crippen molar-refractivity contribution in [1.29, 1.82) is 0 Å². The summed E-state index contributed by atoms with van der Waals surface area (Å²) in [5.74, 6) is 5.77. The van der Waals surface area contributed by atoms with Crippen molar-refractivity contribution in [1.82, 2.24) is 15.5 Å². The largest absolute Gasteiger partial charge is 0.355 e. The molecule has 6 bridgehead atoms. The van der Waals surface area contributed by atoms with Gasteiger partial charge in [-0.1, -0.05) is 25.0 Å². The van der Waals surface area contributed by atoms with Gasteiger partial charge in [-0.15, -0.1) is 0 Å². The Morgan fingerprint density at radius 2 is 1.59 bits per heavy atom. The summed E-state index contributed by atoms with van der Waals surface area (Å²) in [7, 11) is 0. The normalized spacial score (nSPS) is 37.5. The van der Waals surface area contributed by atoms with E-state index in [2.05, 4.69) is 21.6 Å². The smallest absolute Gasteiger partial charge is 0.220 e. The maximum atomic E-state index is 13.0. The maximum Gasteiger partial charge on any atom is 0.220 e. The van der Waals surface area contributed by atoms with E-state index in [1.165, 1.54) is 64.2 Å². The summed E-state index contributed by atoms with van der Waals surface area (Å²) in [4.78, 5) is 50.6. The third-order valence-electron chi connectivity index (χ3n) is 12.5. The van der Waals surface area contributed by atoms with Crippen molar-refractivity contribution in [2.45, 2.75) is 96.3 Å². The van der Waals surface area contributed by atoms with E-state index in [9.17, 15) is 19.2 Å². The van der Waals surface area contributed by atoms with Gasteiger partial charge < -0.3 is 15.4 Å². The number of carbonyl (C=O) groups is 4. The summed E-state index contributed by atoms with van der Waals surface area (Å²) < 4.78 is 0. The minimum absolute atomic E-state index is 0.111. The molecule has 226 valence electrons. The minimum Gasteiger partial charge on any atom is -0.355 e. The van der Waals surface area contributed by atoms with Gasteiger partial charge >= 0.3 is 0 Å². The van der Waals surface area contributed by atoms with Gasteiger partial charge in [-0.05, 0) is 97.7 Å². The molecule has 0 spiro atoms. The highest BCUT2D eigenvalue weighted by atomic mass is 16.2. The number of aldehydes is 1. The quantitative estimate of drug-likeness (QED) is 0.201. The number of Topliss-reactive ketones (excluding diaryl/α,β-unsaturated/α-hetero) is 1. The predicted molar refractivity (Wildman–Crippen MR) is 158 cm³/mol. The van der Waals surface area contributed by atoms with Gasteiger partial charge in [-0.3, -0.25) is 19.3 Å². The van der Waals surface area contributed by atoms with Crippen LogP contribution >= 0.6 is 0 Å². The zero-order chi connectivity index (χ0) is 28.5. The van der Waals surface area contributed by atoms with Crippen LogP contribution in [0.4, 0.5) is 0 Å². The van der Waals surface area contributed by atoms with Crippen LogP contribution in [0, 0.1) is 46.3 Å². The van der Waals surface area contributed by atoms with Crippen molar-refractivity contribution in [2.24, 2.45) is 46.3 Å². The number of fused-ring (bicyclic) bond motifs is 1. The number of nitrogens with zero attached hydrogens (tertiary/aromatic N) is 1. The van der Waals surface area contributed by atoms with Gasteiger partial charge in [0.25, 0.3) is 0 Å². The van der Waals surface area contributed by atoms with E-state index < -0.39 is 0 Å². The Hall–Kier alpha value is -2.02. The van der Waals surface area contributed by atoms with Crippen LogP contribution in [0.25, 0.3) is 0 Å². The van der Waals surface area contributed by atoms with Gasteiger partial charge in [0, 0.05) is 64.8 Å². The third-order valence-corrected chi connectivity index (χ3v) is 12.5. The molecular weight excluding hydrogens is 514 g/mol. The number of hydrogen-bond donors (Lipinski definition) is 2. The highest BCUT2D eigenvalue weighted by Crippen LogP contribution is 2.71. The lowest BCUT2D eigenvalue weighted by molar-refractivity contribution is -0.124. The number of hydrogen-bond acceptors (Lipinski definition) is 5. The summed E-state index contributed by atoms with van der Waals surface area (Å²) in [5, 5.41) is 6.10. The summed E-state index contributed by atoms with van der Waals surface area (Å²) in [5.41, 5.74) is 0.575. The summed E-state index contributed by atoms with van der Waals surface area (Å²) >= 11 is 0. The molecule has 7 aliphatic carbocycles. The number of carbonyl (C=O) groups excluding carboxylic acids is 4. The minimum atomic E-state index is -0.111. The Morgan fingerprint density at radius 3 is 2.29 bits per heavy atom. The monoisotopic (exact) mass is 565 g/mol. The molecular formula is C34H51N3O4. The van der Waals surface area contributed by atoms with Crippen LogP contribution in [0.3, 0.4) is 0 Å². The molecule has 0 aromatic carbocycles. The highest BCUT2D eigenvalue weighted by Gasteiger charge is 2.62. The molecule has 0 heterocycles. The van der Waals surface area contributed by atoms with Crippen molar-refractivity contribution < 1.29 is 19.2 Å². The molecule has 2 N–H and O–H groups in total. The topological polar surface area (TPSA) is 95.6 Å². The Labute approximate surface area is 246 Å². The van der Waals surface area contributed by atoms with Gasteiger partial charge in [-0.25, -0.2) is 0 Å². The second-order valence-corrected chi connectivity index (χ2v) is 15.0. The molecule has 0 aromatic rings. The van der Waals surface area contributed by atoms with E-state index in [0.717, 1.165) is 48.2 Å². The summed E-state index contributed by atoms with van der Waals surface area (Å²) in [6.45, 7) is 3.12. The second-order valence-electron chi connectivity index (χ2n) is 15.0. The third kappa shape index (κ3) is 6.35. The molecule has 0 radical (unpaired) electrons. The Kier molecular flexibility index (Phi) is 8.72. The molecule has 7 saturated carbocycles. The van der Waals surface area contributed by atoms with Crippen molar-refractivity contribution in [2.75, 3.05) is 32.7 Å². The molecule has 0 saturated heterocycles. The van der Waals surface area contributed by atoms with Crippen LogP contribution in [0.2, 0.25) is 0 Å². The van der Waals surface area contributed by atoms with Crippen molar-refractivity contribution in [3.63, 3.8) is 0 Å². The summed E-state index contributed by atoms with van der Waals surface area (Å²) in [6.07, 6.45) is 20.4. The fourth-order valence-electron chi connectivity index (χ4n) is 10.7. The zero-order valence-corrected chi connectivity index (χ0v) is 24.9. The first-order valence-electron chi connectivity index (χ1n) is 16.7. The molecule has 6 unspecified atom stereocenters. The van der Waals surface area contributed by atoms with Crippen LogP contribution in [0.5, 0.6) is 0 Å². The molecule has 7 fully saturated rings. The van der Waals surface area contributed by atoms with Crippen LogP contribution in [0.1, 0.15) is 96.3 Å². The molecule has 0 aromatic heterocycles. The molecule has 7 heteroatoms. The van der Waals surface area contributed by atoms with Gasteiger partial charge in [0.2, 0.25) is 11.8 Å². The van der Waals surface area contributed by atoms with Gasteiger partial charge in [-0.2, -0.15) is 0 Å². The van der Waals surface area contributed by atoms with E-state index in [-0.39, 0.29) is 30.1 Å². The average Bonchev–Trinajstić information content (AvgIpc) is 3.68. The predicted octanol–water partition coefficient (Wildman–Crippen LogP) is 4.45. The van der Waals surface area contributed by atoms with E-state index in [1.54, 1.807) is 0 Å². The van der Waals surface area contributed by atoms with Crippen molar-refractivity contribution in [3.05, 3.63) is 12.2 Å². The SMILES string of the molecule is O=CCCC(=O)NCCN(CC=CCC(=O)CC12CC3CC1CC3C2)CCNC(=O)CC12CCCC3CC(C1)C3C2. The lowest BCUT2D eigenvalue weighted by atomic mass is 9.64. The number of amides is 2. The standard InChI is InChI=1S/C34H51N3O4/c38-14-4-7-31(40)35-9-12-37(11-2-1-6-29(39)21-34-19-25-16-28(34)17-26(25)20-34)13-10-36-32(41)23-33-8-3-5-24-15-27(18-33)30(24)22-33/h1-2,14,24-28,30H,3-13,15-23H2,(H,35,40)(H,36,41). The number of rotatable bonds is 17. The molecule has 7 aliphatic rings. The lowest BCUT2D eigenvalue weighted by Gasteiger charge is -2.41. The first-order chi connectivity index (χ1) is 19.9. The Balaban J connectivity index is 0.939. The Morgan fingerprint density at radius 1 is 0.829 bits per heavy atom.